The summed E-state index contributed by atoms with van der Waals surface area (Å²) in [4.78, 5) is 4.42. The van der Waals surface area contributed by atoms with Gasteiger partial charge < -0.3 is 10.4 Å². The summed E-state index contributed by atoms with van der Waals surface area (Å²) in [6, 6.07) is 0. The van der Waals surface area contributed by atoms with Crippen molar-refractivity contribution < 1.29 is 5.11 Å². The molecule has 0 saturated heterocycles. The standard InChI is InChI=1S/C11H19N3OS/c1-2-3-9-13-10(16-14-9)12-8-11(4-5-11)6-7-15/h15H,2-8H2,1H3,(H,12,13,14). The first-order valence-corrected chi connectivity index (χ1v) is 6.73. The zero-order chi connectivity index (χ0) is 11.4. The highest BCUT2D eigenvalue weighted by Crippen LogP contribution is 2.48. The predicted molar refractivity (Wildman–Crippen MR) is 65.8 cm³/mol. The van der Waals surface area contributed by atoms with Crippen LogP contribution in [0.25, 0.3) is 0 Å². The van der Waals surface area contributed by atoms with E-state index < -0.39 is 0 Å². The highest BCUT2D eigenvalue weighted by molar-refractivity contribution is 7.09. The predicted octanol–water partition coefficient (Wildman–Crippen LogP) is 2.07. The van der Waals surface area contributed by atoms with Crippen molar-refractivity contribution in [2.75, 3.05) is 18.5 Å². The quantitative estimate of drug-likeness (QED) is 0.767. The van der Waals surface area contributed by atoms with Crippen LogP contribution in [0.3, 0.4) is 0 Å². The van der Waals surface area contributed by atoms with Crippen molar-refractivity contribution in [3.05, 3.63) is 5.82 Å². The van der Waals surface area contributed by atoms with E-state index in [1.165, 1.54) is 24.4 Å². The van der Waals surface area contributed by atoms with Crippen molar-refractivity contribution in [3.63, 3.8) is 0 Å². The molecule has 0 aliphatic heterocycles. The van der Waals surface area contributed by atoms with Crippen LogP contribution >= 0.6 is 11.5 Å². The Bertz CT molecular complexity index is 336. The zero-order valence-corrected chi connectivity index (χ0v) is 10.5. The maximum absolute atomic E-state index is 8.96. The molecule has 0 atom stereocenters. The molecule has 0 unspecified atom stereocenters. The molecule has 1 aliphatic carbocycles. The molecule has 1 aromatic heterocycles. The molecule has 0 spiro atoms. The summed E-state index contributed by atoms with van der Waals surface area (Å²) >= 11 is 1.44. The lowest BCUT2D eigenvalue weighted by Gasteiger charge is -2.13. The van der Waals surface area contributed by atoms with Gasteiger partial charge >= 0.3 is 0 Å². The van der Waals surface area contributed by atoms with Gasteiger partial charge in [0.25, 0.3) is 0 Å². The van der Waals surface area contributed by atoms with Crippen molar-refractivity contribution in [1.82, 2.24) is 9.36 Å². The van der Waals surface area contributed by atoms with Gasteiger partial charge in [-0.25, -0.2) is 4.98 Å². The number of aromatic nitrogens is 2. The maximum atomic E-state index is 8.96. The van der Waals surface area contributed by atoms with E-state index in [1.54, 1.807) is 0 Å². The molecular weight excluding hydrogens is 222 g/mol. The second-order valence-electron chi connectivity index (χ2n) is 4.59. The second kappa shape index (κ2) is 5.10. The minimum atomic E-state index is 0.291. The van der Waals surface area contributed by atoms with Crippen LogP contribution in [0.4, 0.5) is 5.13 Å². The third-order valence-corrected chi connectivity index (χ3v) is 3.87. The lowest BCUT2D eigenvalue weighted by Crippen LogP contribution is -2.16. The Balaban J connectivity index is 1.80. The summed E-state index contributed by atoms with van der Waals surface area (Å²) in [5, 5.41) is 13.2. The first-order chi connectivity index (χ1) is 7.78. The highest BCUT2D eigenvalue weighted by atomic mass is 32.1. The van der Waals surface area contributed by atoms with Crippen LogP contribution in [-0.4, -0.2) is 27.6 Å². The average molecular weight is 241 g/mol. The van der Waals surface area contributed by atoms with Gasteiger partial charge in [0, 0.05) is 31.1 Å². The Kier molecular flexibility index (Phi) is 3.76. The Hall–Kier alpha value is -0.680. The molecule has 2 N–H and O–H groups in total. The monoisotopic (exact) mass is 241 g/mol. The van der Waals surface area contributed by atoms with E-state index in [2.05, 4.69) is 21.6 Å². The van der Waals surface area contributed by atoms with Crippen molar-refractivity contribution in [3.8, 4) is 0 Å². The van der Waals surface area contributed by atoms with Gasteiger partial charge in [-0.15, -0.1) is 0 Å². The molecule has 1 aliphatic rings. The van der Waals surface area contributed by atoms with E-state index in [1.807, 2.05) is 0 Å². The molecule has 1 saturated carbocycles. The molecule has 1 heterocycles. The van der Waals surface area contributed by atoms with E-state index in [9.17, 15) is 0 Å². The summed E-state index contributed by atoms with van der Waals surface area (Å²) < 4.78 is 4.29. The van der Waals surface area contributed by atoms with E-state index in [-0.39, 0.29) is 0 Å². The summed E-state index contributed by atoms with van der Waals surface area (Å²) in [5.74, 6) is 0.946. The molecule has 0 bridgehead atoms. The van der Waals surface area contributed by atoms with Gasteiger partial charge in [0.15, 0.2) is 0 Å². The van der Waals surface area contributed by atoms with E-state index in [4.69, 9.17) is 5.11 Å². The number of nitrogens with one attached hydrogen (secondary N) is 1. The molecule has 0 amide bonds. The van der Waals surface area contributed by atoms with Crippen molar-refractivity contribution in [2.24, 2.45) is 5.41 Å². The van der Waals surface area contributed by atoms with E-state index in [0.717, 1.165) is 36.8 Å². The third-order valence-electron chi connectivity index (χ3n) is 3.16. The summed E-state index contributed by atoms with van der Waals surface area (Å²) in [5.41, 5.74) is 0.339. The number of hydrogen-bond acceptors (Lipinski definition) is 5. The van der Waals surface area contributed by atoms with Gasteiger partial charge in [0.05, 0.1) is 0 Å². The van der Waals surface area contributed by atoms with Crippen molar-refractivity contribution in [2.45, 2.75) is 39.0 Å². The molecule has 2 rings (SSSR count). The Morgan fingerprint density at radius 1 is 1.50 bits per heavy atom. The second-order valence-corrected chi connectivity index (χ2v) is 5.34. The molecule has 90 valence electrons. The summed E-state index contributed by atoms with van der Waals surface area (Å²) in [6.07, 6.45) is 5.40. The van der Waals surface area contributed by atoms with E-state index >= 15 is 0 Å². The number of anilines is 1. The fourth-order valence-electron chi connectivity index (χ4n) is 1.84. The number of aliphatic hydroxyl groups excluding tert-OH is 1. The normalized spacial score (nSPS) is 17.4. The minimum absolute atomic E-state index is 0.291. The van der Waals surface area contributed by atoms with Gasteiger partial charge in [-0.3, -0.25) is 0 Å². The number of aliphatic hydroxyl groups is 1. The van der Waals surface area contributed by atoms with Crippen LogP contribution in [0.2, 0.25) is 0 Å². The SMILES string of the molecule is CCCc1nsc(NCC2(CCO)CC2)n1. The number of aryl methyl sites for hydroxylation is 1. The van der Waals surface area contributed by atoms with Gasteiger partial charge in [-0.05, 0) is 31.1 Å². The van der Waals surface area contributed by atoms with Crippen LogP contribution in [0.1, 0.15) is 38.4 Å². The molecule has 0 radical (unpaired) electrons. The lowest BCUT2D eigenvalue weighted by molar-refractivity contribution is 0.253. The molecule has 16 heavy (non-hydrogen) atoms. The molecule has 1 fully saturated rings. The number of rotatable bonds is 7. The largest absolute Gasteiger partial charge is 0.396 e. The first kappa shape index (κ1) is 11.8. The number of nitrogens with zero attached hydrogens (tertiary/aromatic N) is 2. The van der Waals surface area contributed by atoms with Crippen LogP contribution in [0, 0.1) is 5.41 Å². The average Bonchev–Trinajstić information content (AvgIpc) is 2.89. The zero-order valence-electron chi connectivity index (χ0n) is 9.70. The highest BCUT2D eigenvalue weighted by Gasteiger charge is 2.41. The van der Waals surface area contributed by atoms with Crippen LogP contribution in [-0.2, 0) is 6.42 Å². The third kappa shape index (κ3) is 2.92. The summed E-state index contributed by atoms with van der Waals surface area (Å²) in [6.45, 7) is 3.35. The Morgan fingerprint density at radius 2 is 2.31 bits per heavy atom. The fourth-order valence-corrected chi connectivity index (χ4v) is 2.45. The Morgan fingerprint density at radius 3 is 2.94 bits per heavy atom. The van der Waals surface area contributed by atoms with Gasteiger partial charge in [0.2, 0.25) is 5.13 Å². The summed E-state index contributed by atoms with van der Waals surface area (Å²) in [7, 11) is 0. The molecular formula is C11H19N3OS. The van der Waals surface area contributed by atoms with E-state index in [0.29, 0.717) is 12.0 Å². The maximum Gasteiger partial charge on any atom is 0.202 e. The van der Waals surface area contributed by atoms with Gasteiger partial charge in [-0.2, -0.15) is 4.37 Å². The van der Waals surface area contributed by atoms with Gasteiger partial charge in [0.1, 0.15) is 5.82 Å². The minimum Gasteiger partial charge on any atom is -0.396 e. The van der Waals surface area contributed by atoms with Crippen molar-refractivity contribution >= 4 is 16.7 Å². The van der Waals surface area contributed by atoms with Crippen molar-refractivity contribution in [1.29, 1.82) is 0 Å². The van der Waals surface area contributed by atoms with Crippen LogP contribution in [0.15, 0.2) is 0 Å². The molecule has 1 aromatic rings. The van der Waals surface area contributed by atoms with Crippen LogP contribution < -0.4 is 5.32 Å². The molecule has 5 heteroatoms. The number of hydrogen-bond donors (Lipinski definition) is 2. The lowest BCUT2D eigenvalue weighted by atomic mass is 10.0. The van der Waals surface area contributed by atoms with Crippen LogP contribution in [0.5, 0.6) is 0 Å². The smallest absolute Gasteiger partial charge is 0.202 e. The fraction of sp³-hybridized carbons (Fsp3) is 0.818. The molecule has 4 nitrogen and oxygen atoms in total. The molecule has 0 aromatic carbocycles. The Labute approximate surface area is 100 Å². The van der Waals surface area contributed by atoms with Gasteiger partial charge in [-0.1, -0.05) is 6.92 Å². The first-order valence-electron chi connectivity index (χ1n) is 5.95. The topological polar surface area (TPSA) is 58.0 Å².